The van der Waals surface area contributed by atoms with Crippen LogP contribution in [0.15, 0.2) is 0 Å². The van der Waals surface area contributed by atoms with Crippen molar-refractivity contribution in [3.05, 3.63) is 15.1 Å². The van der Waals surface area contributed by atoms with E-state index in [2.05, 4.69) is 55.6 Å². The van der Waals surface area contributed by atoms with E-state index < -0.39 is 0 Å². The van der Waals surface area contributed by atoms with Crippen LogP contribution in [0.5, 0.6) is 0 Å². The lowest BCUT2D eigenvalue weighted by atomic mass is 9.91. The van der Waals surface area contributed by atoms with Crippen LogP contribution in [-0.2, 0) is 10.2 Å². The van der Waals surface area contributed by atoms with E-state index >= 15 is 0 Å². The van der Waals surface area contributed by atoms with Gasteiger partial charge in [-0.3, -0.25) is 0 Å². The number of methoxy groups -OCH3 is 1. The molecule has 0 amide bonds. The quantitative estimate of drug-likeness (QED) is 0.720. The Labute approximate surface area is 141 Å². The predicted octanol–water partition coefficient (Wildman–Crippen LogP) is 4.30. The number of hydrogen-bond acceptors (Lipinski definition) is 4. The molecule has 0 aromatic carbocycles. The maximum atomic E-state index is 5.67. The van der Waals surface area contributed by atoms with E-state index in [1.54, 1.807) is 7.11 Å². The Bertz CT molecular complexity index is 495. The van der Waals surface area contributed by atoms with Gasteiger partial charge in [-0.05, 0) is 47.8 Å². The van der Waals surface area contributed by atoms with E-state index in [0.717, 1.165) is 33.9 Å². The zero-order valence-corrected chi connectivity index (χ0v) is 15.8. The van der Waals surface area contributed by atoms with Crippen LogP contribution in [0, 0.1) is 9.49 Å². The van der Waals surface area contributed by atoms with Gasteiger partial charge in [-0.1, -0.05) is 27.7 Å². The number of nitrogens with one attached hydrogen (secondary N) is 1. The van der Waals surface area contributed by atoms with Gasteiger partial charge >= 0.3 is 0 Å². The van der Waals surface area contributed by atoms with Crippen LogP contribution < -0.4 is 5.32 Å². The first-order valence-electron chi connectivity index (χ1n) is 7.73. The van der Waals surface area contributed by atoms with Crippen LogP contribution in [0.1, 0.15) is 64.6 Å². The van der Waals surface area contributed by atoms with Crippen LogP contribution >= 0.6 is 22.6 Å². The Morgan fingerprint density at radius 2 is 2.00 bits per heavy atom. The summed E-state index contributed by atoms with van der Waals surface area (Å²) in [6, 6.07) is 0. The minimum absolute atomic E-state index is 0.00129. The number of anilines is 1. The largest absolute Gasteiger partial charge is 0.373 e. The molecule has 1 aromatic rings. The minimum atomic E-state index is -0.00129. The molecule has 4 nitrogen and oxygen atoms in total. The van der Waals surface area contributed by atoms with Crippen molar-refractivity contribution in [2.45, 2.75) is 58.5 Å². The molecule has 1 aliphatic rings. The van der Waals surface area contributed by atoms with Gasteiger partial charge in [0.25, 0.3) is 0 Å². The fraction of sp³-hybridized carbons (Fsp3) is 0.750. The van der Waals surface area contributed by atoms with Gasteiger partial charge in [-0.15, -0.1) is 0 Å². The summed E-state index contributed by atoms with van der Waals surface area (Å²) in [5, 5.41) is 3.44. The second-order valence-corrected chi connectivity index (χ2v) is 7.84. The molecule has 0 bridgehead atoms. The standard InChI is InChI=1S/C16H26IN3O/c1-6-9-18-14-11(17)13(16(2,3)4)19-15(20-14)12(21-5)10-7-8-10/h10,12H,6-9H2,1-5H3,(H,18,19,20). The normalized spacial score (nSPS) is 16.9. The summed E-state index contributed by atoms with van der Waals surface area (Å²) in [4.78, 5) is 9.62. The second kappa shape index (κ2) is 6.77. The minimum Gasteiger partial charge on any atom is -0.373 e. The first kappa shape index (κ1) is 16.9. The summed E-state index contributed by atoms with van der Waals surface area (Å²) in [5.74, 6) is 2.38. The molecule has 1 aliphatic carbocycles. The van der Waals surface area contributed by atoms with Gasteiger partial charge < -0.3 is 10.1 Å². The molecule has 118 valence electrons. The topological polar surface area (TPSA) is 47.0 Å². The molecule has 1 N–H and O–H groups in total. The molecule has 0 aliphatic heterocycles. The molecule has 1 heterocycles. The highest BCUT2D eigenvalue weighted by molar-refractivity contribution is 14.1. The Morgan fingerprint density at radius 1 is 1.33 bits per heavy atom. The average molecular weight is 403 g/mol. The maximum Gasteiger partial charge on any atom is 0.160 e. The summed E-state index contributed by atoms with van der Waals surface area (Å²) in [5.41, 5.74) is 1.10. The highest BCUT2D eigenvalue weighted by Gasteiger charge is 2.36. The van der Waals surface area contributed by atoms with Gasteiger partial charge in [-0.2, -0.15) is 0 Å². The van der Waals surface area contributed by atoms with Gasteiger partial charge in [0, 0.05) is 19.1 Å². The molecule has 1 saturated carbocycles. The van der Waals surface area contributed by atoms with Crippen molar-refractivity contribution < 1.29 is 4.74 Å². The van der Waals surface area contributed by atoms with E-state index in [0.29, 0.717) is 5.92 Å². The van der Waals surface area contributed by atoms with E-state index in [9.17, 15) is 0 Å². The third-order valence-electron chi connectivity index (χ3n) is 3.68. The molecular weight excluding hydrogens is 377 g/mol. The third kappa shape index (κ3) is 4.06. The molecule has 2 rings (SSSR count). The monoisotopic (exact) mass is 403 g/mol. The van der Waals surface area contributed by atoms with Crippen molar-refractivity contribution in [2.24, 2.45) is 5.92 Å². The van der Waals surface area contributed by atoms with Gasteiger partial charge in [-0.25, -0.2) is 9.97 Å². The Hall–Kier alpha value is -0.430. The molecule has 5 heteroatoms. The number of ether oxygens (including phenoxy) is 1. The van der Waals surface area contributed by atoms with Crippen LogP contribution in [0.2, 0.25) is 0 Å². The second-order valence-electron chi connectivity index (χ2n) is 6.76. The van der Waals surface area contributed by atoms with Crippen LogP contribution in [0.3, 0.4) is 0 Å². The van der Waals surface area contributed by atoms with Gasteiger partial charge in [0.15, 0.2) is 5.82 Å². The summed E-state index contributed by atoms with van der Waals surface area (Å²) in [6.07, 6.45) is 3.55. The Morgan fingerprint density at radius 3 is 2.48 bits per heavy atom. The van der Waals surface area contributed by atoms with E-state index in [-0.39, 0.29) is 11.5 Å². The van der Waals surface area contributed by atoms with Crippen LogP contribution in [-0.4, -0.2) is 23.6 Å². The number of hydrogen-bond donors (Lipinski definition) is 1. The number of halogens is 1. The zero-order chi connectivity index (χ0) is 15.6. The lowest BCUT2D eigenvalue weighted by molar-refractivity contribution is 0.0769. The molecule has 21 heavy (non-hydrogen) atoms. The van der Waals surface area contributed by atoms with Gasteiger partial charge in [0.2, 0.25) is 0 Å². The molecule has 1 fully saturated rings. The van der Waals surface area contributed by atoms with Crippen molar-refractivity contribution in [1.29, 1.82) is 0 Å². The maximum absolute atomic E-state index is 5.67. The van der Waals surface area contributed by atoms with Crippen molar-refractivity contribution >= 4 is 28.4 Å². The van der Waals surface area contributed by atoms with E-state index in [1.807, 2.05) is 0 Å². The lowest BCUT2D eigenvalue weighted by Crippen LogP contribution is -2.22. The summed E-state index contributed by atoms with van der Waals surface area (Å²) >= 11 is 2.36. The SMILES string of the molecule is CCCNc1nc(C(OC)C2CC2)nc(C(C)(C)C)c1I. The molecule has 1 aromatic heterocycles. The highest BCUT2D eigenvalue weighted by atomic mass is 127. The Kier molecular flexibility index (Phi) is 5.46. The van der Waals surface area contributed by atoms with E-state index in [4.69, 9.17) is 14.7 Å². The molecule has 0 saturated heterocycles. The van der Waals surface area contributed by atoms with Crippen molar-refractivity contribution in [1.82, 2.24) is 9.97 Å². The van der Waals surface area contributed by atoms with Crippen LogP contribution in [0.4, 0.5) is 5.82 Å². The average Bonchev–Trinajstić information content (AvgIpc) is 3.22. The highest BCUT2D eigenvalue weighted by Crippen LogP contribution is 2.43. The third-order valence-corrected chi connectivity index (χ3v) is 4.70. The molecule has 1 atom stereocenters. The predicted molar refractivity (Wildman–Crippen MR) is 94.7 cm³/mol. The molecule has 0 radical (unpaired) electrons. The number of aromatic nitrogens is 2. The number of nitrogens with zero attached hydrogens (tertiary/aromatic N) is 2. The van der Waals surface area contributed by atoms with Crippen molar-refractivity contribution in [3.8, 4) is 0 Å². The first-order valence-corrected chi connectivity index (χ1v) is 8.81. The fourth-order valence-electron chi connectivity index (χ4n) is 2.36. The summed E-state index contributed by atoms with van der Waals surface area (Å²) in [7, 11) is 1.76. The van der Waals surface area contributed by atoms with E-state index in [1.165, 1.54) is 12.8 Å². The van der Waals surface area contributed by atoms with Crippen LogP contribution in [0.25, 0.3) is 0 Å². The zero-order valence-electron chi connectivity index (χ0n) is 13.7. The lowest BCUT2D eigenvalue weighted by Gasteiger charge is -2.24. The Balaban J connectivity index is 2.44. The van der Waals surface area contributed by atoms with Gasteiger partial charge in [0.05, 0.1) is 9.26 Å². The summed E-state index contributed by atoms with van der Waals surface area (Å²) < 4.78 is 6.80. The first-order chi connectivity index (χ1) is 9.88. The number of rotatable bonds is 6. The van der Waals surface area contributed by atoms with Gasteiger partial charge in [0.1, 0.15) is 11.9 Å². The van der Waals surface area contributed by atoms with Crippen molar-refractivity contribution in [2.75, 3.05) is 19.0 Å². The molecule has 0 spiro atoms. The smallest absolute Gasteiger partial charge is 0.160 e. The van der Waals surface area contributed by atoms with Crippen molar-refractivity contribution in [3.63, 3.8) is 0 Å². The fourth-order valence-corrected chi connectivity index (χ4v) is 3.60. The molecule has 1 unspecified atom stereocenters. The summed E-state index contributed by atoms with van der Waals surface area (Å²) in [6.45, 7) is 9.68. The molecular formula is C16H26IN3O.